The van der Waals surface area contributed by atoms with Crippen LogP contribution in [0.1, 0.15) is 42.5 Å². The fourth-order valence-electron chi connectivity index (χ4n) is 6.30. The maximum atomic E-state index is 5.71. The molecule has 2 heterocycles. The molecule has 0 radical (unpaired) electrons. The molecular weight excluding hydrogens is 418 g/mol. The van der Waals surface area contributed by atoms with Crippen molar-refractivity contribution in [1.29, 1.82) is 0 Å². The van der Waals surface area contributed by atoms with E-state index in [0.29, 0.717) is 0 Å². The Hall–Kier alpha value is -3.85. The molecule has 0 saturated heterocycles. The third-order valence-corrected chi connectivity index (χ3v) is 7.74. The summed E-state index contributed by atoms with van der Waals surface area (Å²) in [4.78, 5) is 5.06. The summed E-state index contributed by atoms with van der Waals surface area (Å²) in [6.07, 6.45) is 3.11. The largest absolute Gasteiger partial charge is 0.454 e. The third kappa shape index (κ3) is 2.55. The lowest BCUT2D eigenvalue weighted by Gasteiger charge is -2.34. The molecule has 2 aliphatic rings. The summed E-state index contributed by atoms with van der Waals surface area (Å²) in [5, 5.41) is 3.43. The first-order valence-electron chi connectivity index (χ1n) is 11.8. The number of aromatic nitrogens is 1. The van der Waals surface area contributed by atoms with Crippen LogP contribution in [0.3, 0.4) is 0 Å². The van der Waals surface area contributed by atoms with Gasteiger partial charge in [0.1, 0.15) is 0 Å². The van der Waals surface area contributed by atoms with Gasteiger partial charge in [-0.1, -0.05) is 86.6 Å². The van der Waals surface area contributed by atoms with E-state index in [1.165, 1.54) is 27.6 Å². The van der Waals surface area contributed by atoms with Crippen LogP contribution in [0, 0.1) is 0 Å². The minimum atomic E-state index is -0.257. The van der Waals surface area contributed by atoms with E-state index in [9.17, 15) is 0 Å². The molecule has 0 amide bonds. The van der Waals surface area contributed by atoms with Gasteiger partial charge in [0.05, 0.1) is 5.52 Å². The molecule has 0 fully saturated rings. The van der Waals surface area contributed by atoms with Crippen LogP contribution in [0.5, 0.6) is 11.5 Å². The average Bonchev–Trinajstić information content (AvgIpc) is 3.43. The van der Waals surface area contributed by atoms with Gasteiger partial charge in [-0.05, 0) is 51.6 Å². The summed E-state index contributed by atoms with van der Waals surface area (Å²) in [6, 6.07) is 30.6. The molecule has 0 bridgehead atoms. The highest BCUT2D eigenvalue weighted by atomic mass is 16.7. The Morgan fingerprint density at radius 1 is 0.735 bits per heavy atom. The first-order chi connectivity index (χ1) is 16.6. The van der Waals surface area contributed by atoms with Crippen molar-refractivity contribution < 1.29 is 9.47 Å². The van der Waals surface area contributed by atoms with Crippen LogP contribution < -0.4 is 9.47 Å². The van der Waals surface area contributed by atoms with Crippen LogP contribution in [-0.2, 0) is 10.8 Å². The summed E-state index contributed by atoms with van der Waals surface area (Å²) in [7, 11) is 0. The Balaban J connectivity index is 1.63. The Bertz CT molecular complexity index is 1530. The van der Waals surface area contributed by atoms with Gasteiger partial charge < -0.3 is 9.47 Å². The standard InChI is InChI=1S/C31H25NO2/c1-30(2)18-31(21-9-5-3-6-10-21,22-11-7-4-8-12-22)28-23-14-13-20-15-26-27(34-19-33-26)16-24(20)29(23)32-17-25(28)30/h3-17H,18-19H2,1-2H3. The second-order valence-electron chi connectivity index (χ2n) is 10.1. The van der Waals surface area contributed by atoms with Crippen molar-refractivity contribution in [2.24, 2.45) is 0 Å². The Morgan fingerprint density at radius 2 is 1.38 bits per heavy atom. The topological polar surface area (TPSA) is 31.4 Å². The second-order valence-corrected chi connectivity index (χ2v) is 10.1. The van der Waals surface area contributed by atoms with Crippen LogP contribution in [0.15, 0.2) is 91.1 Å². The normalized spacial score (nSPS) is 17.2. The fraction of sp³-hybridized carbons (Fsp3) is 0.194. The van der Waals surface area contributed by atoms with Crippen molar-refractivity contribution in [3.05, 3.63) is 113 Å². The van der Waals surface area contributed by atoms with Crippen LogP contribution in [0.4, 0.5) is 0 Å². The Morgan fingerprint density at radius 3 is 2.06 bits per heavy atom. The molecule has 0 atom stereocenters. The number of fused-ring (bicyclic) bond motifs is 6. The first-order valence-corrected chi connectivity index (χ1v) is 11.8. The lowest BCUT2D eigenvalue weighted by molar-refractivity contribution is 0.174. The zero-order valence-electron chi connectivity index (χ0n) is 19.3. The highest BCUT2D eigenvalue weighted by Crippen LogP contribution is 2.58. The van der Waals surface area contributed by atoms with E-state index < -0.39 is 0 Å². The molecule has 4 aromatic carbocycles. The Labute approximate surface area is 199 Å². The maximum Gasteiger partial charge on any atom is 0.231 e. The second kappa shape index (κ2) is 6.83. The molecule has 3 heteroatoms. The van der Waals surface area contributed by atoms with Crippen molar-refractivity contribution in [3.8, 4) is 11.5 Å². The summed E-state index contributed by atoms with van der Waals surface area (Å²) >= 11 is 0. The third-order valence-electron chi connectivity index (χ3n) is 7.74. The molecule has 5 aromatic rings. The van der Waals surface area contributed by atoms with Crippen molar-refractivity contribution >= 4 is 21.7 Å². The van der Waals surface area contributed by atoms with Crippen molar-refractivity contribution in [1.82, 2.24) is 4.98 Å². The molecule has 7 rings (SSSR count). The SMILES string of the molecule is CC1(C)CC(c2ccccc2)(c2ccccc2)c2c1cnc1c2ccc2cc3c(cc21)OCO3. The van der Waals surface area contributed by atoms with Crippen LogP contribution >= 0.6 is 0 Å². The van der Waals surface area contributed by atoms with Crippen molar-refractivity contribution in [2.45, 2.75) is 31.1 Å². The molecule has 1 aromatic heterocycles. The quantitative estimate of drug-likeness (QED) is 0.272. The van der Waals surface area contributed by atoms with Gasteiger partial charge >= 0.3 is 0 Å². The minimum Gasteiger partial charge on any atom is -0.454 e. The van der Waals surface area contributed by atoms with Crippen LogP contribution in [0.25, 0.3) is 21.7 Å². The van der Waals surface area contributed by atoms with Gasteiger partial charge in [-0.2, -0.15) is 0 Å². The molecule has 0 spiro atoms. The zero-order valence-corrected chi connectivity index (χ0v) is 19.3. The van der Waals surface area contributed by atoms with Crippen LogP contribution in [-0.4, -0.2) is 11.8 Å². The lowest BCUT2D eigenvalue weighted by Crippen LogP contribution is -2.29. The van der Waals surface area contributed by atoms with E-state index in [0.717, 1.165) is 34.2 Å². The number of hydrogen-bond acceptors (Lipinski definition) is 3. The molecular formula is C31H25NO2. The monoisotopic (exact) mass is 443 g/mol. The van der Waals surface area contributed by atoms with E-state index in [-0.39, 0.29) is 17.6 Å². The van der Waals surface area contributed by atoms with E-state index in [1.54, 1.807) is 0 Å². The van der Waals surface area contributed by atoms with Gasteiger partial charge in [0.2, 0.25) is 6.79 Å². The van der Waals surface area contributed by atoms with Gasteiger partial charge in [0, 0.05) is 22.4 Å². The molecule has 166 valence electrons. The average molecular weight is 444 g/mol. The number of benzene rings is 4. The van der Waals surface area contributed by atoms with E-state index >= 15 is 0 Å². The van der Waals surface area contributed by atoms with E-state index in [1.807, 2.05) is 0 Å². The van der Waals surface area contributed by atoms with Gasteiger partial charge in [-0.3, -0.25) is 4.98 Å². The minimum absolute atomic E-state index is 0.0218. The van der Waals surface area contributed by atoms with Crippen molar-refractivity contribution in [3.63, 3.8) is 0 Å². The molecule has 0 N–H and O–H groups in total. The van der Waals surface area contributed by atoms with Gasteiger partial charge in [0.15, 0.2) is 11.5 Å². The predicted octanol–water partition coefficient (Wildman–Crippen LogP) is 7.13. The van der Waals surface area contributed by atoms with Gasteiger partial charge in [-0.25, -0.2) is 0 Å². The van der Waals surface area contributed by atoms with Crippen LogP contribution in [0.2, 0.25) is 0 Å². The number of nitrogens with zero attached hydrogens (tertiary/aromatic N) is 1. The highest BCUT2D eigenvalue weighted by Gasteiger charge is 2.51. The summed E-state index contributed by atoms with van der Waals surface area (Å²) in [5.41, 5.74) is 6.09. The maximum absolute atomic E-state index is 5.71. The first kappa shape index (κ1) is 19.6. The number of rotatable bonds is 2. The predicted molar refractivity (Wildman–Crippen MR) is 136 cm³/mol. The number of ether oxygens (including phenoxy) is 2. The summed E-state index contributed by atoms with van der Waals surface area (Å²) in [5.74, 6) is 1.59. The molecule has 0 saturated carbocycles. The molecule has 34 heavy (non-hydrogen) atoms. The number of pyridine rings is 1. The van der Waals surface area contributed by atoms with E-state index in [2.05, 4.69) is 105 Å². The zero-order chi connectivity index (χ0) is 22.9. The van der Waals surface area contributed by atoms with Gasteiger partial charge in [0.25, 0.3) is 0 Å². The number of hydrogen-bond donors (Lipinski definition) is 0. The smallest absolute Gasteiger partial charge is 0.231 e. The summed E-state index contributed by atoms with van der Waals surface area (Å²) in [6.45, 7) is 4.98. The highest BCUT2D eigenvalue weighted by molar-refractivity contribution is 6.08. The molecule has 0 unspecified atom stereocenters. The lowest BCUT2D eigenvalue weighted by atomic mass is 9.68. The fourth-order valence-corrected chi connectivity index (χ4v) is 6.30. The van der Waals surface area contributed by atoms with Gasteiger partial charge in [-0.15, -0.1) is 0 Å². The summed E-state index contributed by atoms with van der Waals surface area (Å²) < 4.78 is 11.3. The Kier molecular flexibility index (Phi) is 3.94. The molecule has 1 aliphatic carbocycles. The molecule has 3 nitrogen and oxygen atoms in total. The van der Waals surface area contributed by atoms with E-state index in [4.69, 9.17) is 14.5 Å². The van der Waals surface area contributed by atoms with Crippen molar-refractivity contribution in [2.75, 3.05) is 6.79 Å². The molecule has 1 aliphatic heterocycles.